The van der Waals surface area contributed by atoms with Gasteiger partial charge in [0.15, 0.2) is 29.1 Å². The van der Waals surface area contributed by atoms with E-state index in [1.165, 1.54) is 12.2 Å². The molecule has 0 radical (unpaired) electrons. The van der Waals surface area contributed by atoms with Crippen molar-refractivity contribution in [2.45, 2.75) is 85.8 Å². The Morgan fingerprint density at radius 2 is 1.74 bits per heavy atom. The molecular formula is C36H39F2NO6S. The van der Waals surface area contributed by atoms with Crippen LogP contribution in [-0.4, -0.2) is 64.6 Å². The average molecular weight is 652 g/mol. The van der Waals surface area contributed by atoms with Gasteiger partial charge in [-0.25, -0.2) is 8.78 Å². The third-order valence-electron chi connectivity index (χ3n) is 11.6. The normalized spacial score (nSPS) is 40.8. The molecule has 0 unspecified atom stereocenters. The van der Waals surface area contributed by atoms with Crippen LogP contribution in [0.2, 0.25) is 0 Å². The van der Waals surface area contributed by atoms with Gasteiger partial charge in [-0.1, -0.05) is 36.9 Å². The van der Waals surface area contributed by atoms with E-state index in [1.54, 1.807) is 25.6 Å². The molecule has 1 saturated heterocycles. The number of hydrogen-bond acceptors (Lipinski definition) is 8. The summed E-state index contributed by atoms with van der Waals surface area (Å²) in [5.41, 5.74) is -4.86. The highest BCUT2D eigenvalue weighted by Crippen LogP contribution is 2.72. The maximum Gasteiger partial charge on any atom is 0.193 e. The van der Waals surface area contributed by atoms with Gasteiger partial charge >= 0.3 is 0 Å². The lowest BCUT2D eigenvalue weighted by Gasteiger charge is -2.63. The Bertz CT molecular complexity index is 1620. The lowest BCUT2D eigenvalue weighted by molar-refractivity contribution is -0.235. The number of ketones is 2. The van der Waals surface area contributed by atoms with E-state index in [0.29, 0.717) is 5.56 Å². The molecule has 0 aromatic heterocycles. The number of rotatable bonds is 7. The predicted octanol–water partition coefficient (Wildman–Crippen LogP) is 5.91. The van der Waals surface area contributed by atoms with E-state index in [4.69, 9.17) is 9.47 Å². The van der Waals surface area contributed by atoms with Crippen molar-refractivity contribution in [3.8, 4) is 0 Å². The second-order valence-corrected chi connectivity index (χ2v) is 14.9. The molecule has 7 rings (SSSR count). The number of nitrogens with one attached hydrogen (secondary N) is 1. The number of Topliss-reactive ketones (excluding diaryl/α,β-unsaturated/α-hetero) is 1. The highest BCUT2D eigenvalue weighted by atomic mass is 32.2. The Morgan fingerprint density at radius 1 is 1.07 bits per heavy atom. The SMILES string of the molecule is CCNc1ccc(Sc2ccc([C@H]3O[C@@H]4C[C@H]5[C@@H]6C[C@H](F)C7=CC(=O)C=C[C@]7(C)[C@@]6(F)[C@@H](O)C[C@]5(C)[C@]4(C(=O)CO)O3)cc2)cc1. The molecule has 1 heterocycles. The zero-order valence-corrected chi connectivity index (χ0v) is 26.9. The predicted molar refractivity (Wildman–Crippen MR) is 169 cm³/mol. The summed E-state index contributed by atoms with van der Waals surface area (Å²) >= 11 is 1.60. The summed E-state index contributed by atoms with van der Waals surface area (Å²) in [6.07, 6.45) is -1.37. The Hall–Kier alpha value is -2.89. The van der Waals surface area contributed by atoms with Crippen LogP contribution in [-0.2, 0) is 19.1 Å². The van der Waals surface area contributed by atoms with Crippen molar-refractivity contribution in [1.82, 2.24) is 0 Å². The number of aliphatic hydroxyl groups is 2. The van der Waals surface area contributed by atoms with Crippen molar-refractivity contribution >= 4 is 29.0 Å². The quantitative estimate of drug-likeness (QED) is 0.340. The molecule has 7 nitrogen and oxygen atoms in total. The standard InChI is InChI=1S/C36H39F2NO6S/c1-4-39-21-7-11-24(12-8-21)46-23-9-5-20(6-10-23)32-44-31-17-25-26-16-28(37)27-15-22(41)13-14-33(27,2)35(26,38)29(42)18-34(25,3)36(31,45-32)30(43)19-40/h5-15,25-26,28-29,31-32,39-40,42H,4,16-19H2,1-3H3/t25-,26-,28-,29-,31+,32-,33-,34-,35-,36+/m0/s1. The molecule has 5 aliphatic rings. The van der Waals surface area contributed by atoms with Gasteiger partial charge in [0.1, 0.15) is 12.8 Å². The Labute approximate surface area is 271 Å². The van der Waals surface area contributed by atoms with Gasteiger partial charge in [0.05, 0.1) is 12.2 Å². The van der Waals surface area contributed by atoms with E-state index in [1.807, 2.05) is 55.5 Å². The molecular weight excluding hydrogens is 612 g/mol. The largest absolute Gasteiger partial charge is 0.390 e. The first kappa shape index (κ1) is 31.7. The third-order valence-corrected chi connectivity index (χ3v) is 12.6. The van der Waals surface area contributed by atoms with Gasteiger partial charge in [0.25, 0.3) is 0 Å². The molecule has 3 saturated carbocycles. The summed E-state index contributed by atoms with van der Waals surface area (Å²) in [6.45, 7) is 5.40. The second-order valence-electron chi connectivity index (χ2n) is 13.7. The molecule has 4 aliphatic carbocycles. The number of carbonyl (C=O) groups excluding carboxylic acids is 2. The van der Waals surface area contributed by atoms with Gasteiger partial charge in [0, 0.05) is 44.3 Å². The first-order chi connectivity index (χ1) is 21.9. The van der Waals surface area contributed by atoms with Crippen LogP contribution in [0, 0.1) is 22.7 Å². The molecule has 10 atom stereocenters. The van der Waals surface area contributed by atoms with Gasteiger partial charge in [-0.3, -0.25) is 9.59 Å². The fraction of sp³-hybridized carbons (Fsp3) is 0.500. The van der Waals surface area contributed by atoms with Crippen LogP contribution in [0.25, 0.3) is 0 Å². The van der Waals surface area contributed by atoms with Crippen molar-refractivity contribution in [3.63, 3.8) is 0 Å². The molecule has 2 aromatic rings. The van der Waals surface area contributed by atoms with Gasteiger partial charge in [-0.05, 0) is 93.2 Å². The van der Waals surface area contributed by atoms with Crippen LogP contribution < -0.4 is 5.32 Å². The first-order valence-corrected chi connectivity index (χ1v) is 16.8. The fourth-order valence-electron chi connectivity index (χ4n) is 9.39. The molecule has 10 heteroatoms. The van der Waals surface area contributed by atoms with Gasteiger partial charge in [-0.15, -0.1) is 0 Å². The number of anilines is 1. The lowest BCUT2D eigenvalue weighted by atomic mass is 9.44. The summed E-state index contributed by atoms with van der Waals surface area (Å²) in [5.74, 6) is -2.59. The third kappa shape index (κ3) is 4.29. The van der Waals surface area contributed by atoms with Crippen LogP contribution >= 0.6 is 11.8 Å². The average Bonchev–Trinajstić information content (AvgIpc) is 3.54. The lowest BCUT2D eigenvalue weighted by Crippen LogP contribution is -2.70. The van der Waals surface area contributed by atoms with Crippen molar-refractivity contribution in [2.24, 2.45) is 22.7 Å². The zero-order chi connectivity index (χ0) is 32.6. The van der Waals surface area contributed by atoms with E-state index in [9.17, 15) is 19.8 Å². The van der Waals surface area contributed by atoms with E-state index in [-0.39, 0.29) is 24.8 Å². The van der Waals surface area contributed by atoms with E-state index in [0.717, 1.165) is 28.1 Å². The number of halogens is 2. The zero-order valence-electron chi connectivity index (χ0n) is 26.0. The van der Waals surface area contributed by atoms with Crippen LogP contribution in [0.4, 0.5) is 14.5 Å². The number of hydrogen-bond donors (Lipinski definition) is 3. The Morgan fingerprint density at radius 3 is 2.39 bits per heavy atom. The van der Waals surface area contributed by atoms with E-state index < -0.39 is 76.8 Å². The first-order valence-electron chi connectivity index (χ1n) is 16.0. The Balaban J connectivity index is 1.17. The smallest absolute Gasteiger partial charge is 0.193 e. The molecule has 0 spiro atoms. The van der Waals surface area contributed by atoms with Crippen molar-refractivity contribution in [3.05, 3.63) is 77.9 Å². The summed E-state index contributed by atoms with van der Waals surface area (Å²) in [5, 5.41) is 25.2. The van der Waals surface area contributed by atoms with Gasteiger partial charge in [-0.2, -0.15) is 0 Å². The fourth-order valence-corrected chi connectivity index (χ4v) is 10.2. The number of ether oxygens (including phenoxy) is 2. The highest BCUT2D eigenvalue weighted by Gasteiger charge is 2.80. The number of aliphatic hydroxyl groups excluding tert-OH is 2. The van der Waals surface area contributed by atoms with Crippen molar-refractivity contribution < 1.29 is 38.1 Å². The second kappa shape index (κ2) is 11.1. The number of fused-ring (bicyclic) bond motifs is 7. The molecule has 46 heavy (non-hydrogen) atoms. The minimum absolute atomic E-state index is 0.0421. The van der Waals surface area contributed by atoms with Crippen LogP contribution in [0.1, 0.15) is 51.9 Å². The van der Waals surface area contributed by atoms with Crippen LogP contribution in [0.3, 0.4) is 0 Å². The molecule has 4 fully saturated rings. The maximum absolute atomic E-state index is 17.6. The minimum atomic E-state index is -2.29. The Kier molecular flexibility index (Phi) is 7.64. The molecule has 0 bridgehead atoms. The summed E-state index contributed by atoms with van der Waals surface area (Å²) in [7, 11) is 0. The van der Waals surface area contributed by atoms with Gasteiger partial charge in [0.2, 0.25) is 0 Å². The van der Waals surface area contributed by atoms with Crippen molar-refractivity contribution in [2.75, 3.05) is 18.5 Å². The summed E-state index contributed by atoms with van der Waals surface area (Å²) in [6, 6.07) is 15.8. The van der Waals surface area contributed by atoms with Crippen LogP contribution in [0.15, 0.2) is 82.1 Å². The van der Waals surface area contributed by atoms with Gasteiger partial charge < -0.3 is 25.0 Å². The van der Waals surface area contributed by atoms with Crippen molar-refractivity contribution in [1.29, 1.82) is 0 Å². The monoisotopic (exact) mass is 651 g/mol. The molecule has 3 N–H and O–H groups in total. The number of benzene rings is 2. The molecule has 2 aromatic carbocycles. The molecule has 1 aliphatic heterocycles. The number of alkyl halides is 2. The topological polar surface area (TPSA) is 105 Å². The molecule has 0 amide bonds. The number of allylic oxidation sites excluding steroid dienone is 4. The maximum atomic E-state index is 17.6. The highest BCUT2D eigenvalue weighted by molar-refractivity contribution is 7.99. The minimum Gasteiger partial charge on any atom is -0.390 e. The van der Waals surface area contributed by atoms with Crippen LogP contribution in [0.5, 0.6) is 0 Å². The summed E-state index contributed by atoms with van der Waals surface area (Å²) < 4.78 is 46.4. The van der Waals surface area contributed by atoms with E-state index >= 15 is 8.78 Å². The van der Waals surface area contributed by atoms with E-state index in [2.05, 4.69) is 5.32 Å². The summed E-state index contributed by atoms with van der Waals surface area (Å²) in [4.78, 5) is 28.0. The molecule has 244 valence electrons. The number of carbonyl (C=O) groups is 2.